The van der Waals surface area contributed by atoms with Crippen LogP contribution in [0.5, 0.6) is 0 Å². The highest BCUT2D eigenvalue weighted by Gasteiger charge is 2.33. The largest absolute Gasteiger partial charge is 0.331 e. The lowest BCUT2D eigenvalue weighted by atomic mass is 10.0. The molecule has 2 amide bonds. The average Bonchev–Trinajstić information content (AvgIpc) is 3.26. The molecule has 116 valence electrons. The van der Waals surface area contributed by atoms with Gasteiger partial charge < -0.3 is 15.2 Å². The molecule has 1 aliphatic rings. The maximum atomic E-state index is 12.3. The second kappa shape index (κ2) is 6.17. The smallest absolute Gasteiger partial charge is 0.315 e. The molecular formula is C16H21N5O. The van der Waals surface area contributed by atoms with E-state index in [-0.39, 0.29) is 18.1 Å². The molecule has 0 aliphatic heterocycles. The van der Waals surface area contributed by atoms with E-state index in [4.69, 9.17) is 0 Å². The third-order valence-corrected chi connectivity index (χ3v) is 4.02. The Labute approximate surface area is 129 Å². The standard InChI is InChI=1S/C16H21N5O/c1-11(15-20-17-10-21(15)2)18-16(22)19-14(13-8-9-13)12-6-4-3-5-7-12/h3-7,10-11,13-14H,8-9H2,1-2H3,(H2,18,19,22)/t11-,14-/m0/s1. The topological polar surface area (TPSA) is 71.8 Å². The molecule has 0 bridgehead atoms. The van der Waals surface area contributed by atoms with Crippen molar-refractivity contribution in [3.63, 3.8) is 0 Å². The normalized spacial score (nSPS) is 16.8. The Kier molecular flexibility index (Phi) is 4.09. The highest BCUT2D eigenvalue weighted by Crippen LogP contribution is 2.40. The van der Waals surface area contributed by atoms with Gasteiger partial charge in [0.15, 0.2) is 5.82 Å². The molecule has 1 aromatic carbocycles. The number of aromatic nitrogens is 3. The molecule has 6 nitrogen and oxygen atoms in total. The zero-order valence-corrected chi connectivity index (χ0v) is 12.9. The monoisotopic (exact) mass is 299 g/mol. The number of carbonyl (C=O) groups is 1. The summed E-state index contributed by atoms with van der Waals surface area (Å²) in [5.41, 5.74) is 1.16. The number of rotatable bonds is 5. The molecule has 2 aromatic rings. The molecule has 1 aliphatic carbocycles. The minimum atomic E-state index is -0.192. The number of amides is 2. The first-order chi connectivity index (χ1) is 10.6. The van der Waals surface area contributed by atoms with Crippen LogP contribution >= 0.6 is 0 Å². The van der Waals surface area contributed by atoms with E-state index in [1.165, 1.54) is 12.8 Å². The van der Waals surface area contributed by atoms with Crippen LogP contribution in [0, 0.1) is 5.92 Å². The van der Waals surface area contributed by atoms with Gasteiger partial charge in [0.1, 0.15) is 6.33 Å². The minimum absolute atomic E-state index is 0.0768. The number of hydrogen-bond donors (Lipinski definition) is 2. The van der Waals surface area contributed by atoms with Gasteiger partial charge in [-0.25, -0.2) is 4.79 Å². The average molecular weight is 299 g/mol. The molecule has 2 atom stereocenters. The quantitative estimate of drug-likeness (QED) is 0.890. The van der Waals surface area contributed by atoms with Crippen molar-refractivity contribution in [2.24, 2.45) is 13.0 Å². The summed E-state index contributed by atoms with van der Waals surface area (Å²) in [7, 11) is 1.86. The summed E-state index contributed by atoms with van der Waals surface area (Å²) >= 11 is 0. The Morgan fingerprint density at radius 3 is 2.59 bits per heavy atom. The van der Waals surface area contributed by atoms with E-state index in [0.29, 0.717) is 5.92 Å². The van der Waals surface area contributed by atoms with E-state index in [1.807, 2.05) is 32.2 Å². The fourth-order valence-corrected chi connectivity index (χ4v) is 2.69. The van der Waals surface area contributed by atoms with Crippen LogP contribution in [0.2, 0.25) is 0 Å². The summed E-state index contributed by atoms with van der Waals surface area (Å²) in [6.07, 6.45) is 3.96. The van der Waals surface area contributed by atoms with E-state index in [0.717, 1.165) is 11.4 Å². The van der Waals surface area contributed by atoms with Gasteiger partial charge in [-0.2, -0.15) is 0 Å². The number of aryl methyl sites for hydroxylation is 1. The highest BCUT2D eigenvalue weighted by atomic mass is 16.2. The molecule has 1 saturated carbocycles. The van der Waals surface area contributed by atoms with E-state index >= 15 is 0 Å². The minimum Gasteiger partial charge on any atom is -0.331 e. The first kappa shape index (κ1) is 14.6. The van der Waals surface area contributed by atoms with Gasteiger partial charge in [0.05, 0.1) is 12.1 Å². The van der Waals surface area contributed by atoms with Crippen molar-refractivity contribution in [3.05, 3.63) is 48.0 Å². The predicted octanol–water partition coefficient (Wildman–Crippen LogP) is 2.33. The molecule has 0 saturated heterocycles. The number of hydrogen-bond acceptors (Lipinski definition) is 3. The Morgan fingerprint density at radius 2 is 2.00 bits per heavy atom. The van der Waals surface area contributed by atoms with Crippen molar-refractivity contribution in [1.29, 1.82) is 0 Å². The van der Waals surface area contributed by atoms with Crippen molar-refractivity contribution >= 4 is 6.03 Å². The molecule has 22 heavy (non-hydrogen) atoms. The summed E-state index contributed by atoms with van der Waals surface area (Å²) < 4.78 is 1.81. The summed E-state index contributed by atoms with van der Waals surface area (Å²) in [6.45, 7) is 1.90. The lowest BCUT2D eigenvalue weighted by molar-refractivity contribution is 0.232. The van der Waals surface area contributed by atoms with Gasteiger partial charge in [0.2, 0.25) is 0 Å². The van der Waals surface area contributed by atoms with Gasteiger partial charge in [-0.3, -0.25) is 0 Å². The van der Waals surface area contributed by atoms with E-state index < -0.39 is 0 Å². The van der Waals surface area contributed by atoms with Gasteiger partial charge in [0, 0.05) is 7.05 Å². The lowest BCUT2D eigenvalue weighted by Crippen LogP contribution is -2.40. The lowest BCUT2D eigenvalue weighted by Gasteiger charge is -2.21. The Hall–Kier alpha value is -2.37. The molecule has 3 rings (SSSR count). The highest BCUT2D eigenvalue weighted by molar-refractivity contribution is 5.75. The number of nitrogens with zero attached hydrogens (tertiary/aromatic N) is 3. The molecule has 6 heteroatoms. The molecule has 0 spiro atoms. The fourth-order valence-electron chi connectivity index (χ4n) is 2.69. The number of benzene rings is 1. The second-order valence-corrected chi connectivity index (χ2v) is 5.87. The van der Waals surface area contributed by atoms with Crippen molar-refractivity contribution in [1.82, 2.24) is 25.4 Å². The Balaban J connectivity index is 1.64. The number of carbonyl (C=O) groups excluding carboxylic acids is 1. The Bertz CT molecular complexity index is 635. The van der Waals surface area contributed by atoms with Crippen molar-refractivity contribution in [2.75, 3.05) is 0 Å². The maximum Gasteiger partial charge on any atom is 0.315 e. The second-order valence-electron chi connectivity index (χ2n) is 5.87. The van der Waals surface area contributed by atoms with Crippen molar-refractivity contribution in [2.45, 2.75) is 31.8 Å². The first-order valence-corrected chi connectivity index (χ1v) is 7.61. The predicted molar refractivity (Wildman–Crippen MR) is 83.0 cm³/mol. The van der Waals surface area contributed by atoms with Crippen molar-refractivity contribution in [3.8, 4) is 0 Å². The van der Waals surface area contributed by atoms with Gasteiger partial charge in [-0.05, 0) is 31.2 Å². The summed E-state index contributed by atoms with van der Waals surface area (Å²) in [5, 5.41) is 13.9. The molecule has 0 unspecified atom stereocenters. The van der Waals surface area contributed by atoms with Crippen LogP contribution in [-0.2, 0) is 7.05 Å². The SMILES string of the molecule is C[C@H](NC(=O)N[C@@H](c1ccccc1)C1CC1)c1nncn1C. The number of nitrogens with one attached hydrogen (secondary N) is 2. The van der Waals surface area contributed by atoms with E-state index in [2.05, 4.69) is 33.0 Å². The van der Waals surface area contributed by atoms with Crippen LogP contribution in [0.15, 0.2) is 36.7 Å². The van der Waals surface area contributed by atoms with E-state index in [9.17, 15) is 4.79 Å². The molecule has 2 N–H and O–H groups in total. The zero-order valence-electron chi connectivity index (χ0n) is 12.9. The van der Waals surface area contributed by atoms with Crippen molar-refractivity contribution < 1.29 is 4.79 Å². The number of urea groups is 1. The summed E-state index contributed by atoms with van der Waals surface area (Å²) in [4.78, 5) is 12.3. The summed E-state index contributed by atoms with van der Waals surface area (Å²) in [6, 6.07) is 9.85. The van der Waals surface area contributed by atoms with Crippen LogP contribution in [0.25, 0.3) is 0 Å². The van der Waals surface area contributed by atoms with Crippen LogP contribution in [-0.4, -0.2) is 20.8 Å². The molecule has 1 fully saturated rings. The Morgan fingerprint density at radius 1 is 1.27 bits per heavy atom. The van der Waals surface area contributed by atoms with Crippen LogP contribution in [0.4, 0.5) is 4.79 Å². The molecular weight excluding hydrogens is 278 g/mol. The van der Waals surface area contributed by atoms with E-state index in [1.54, 1.807) is 10.9 Å². The van der Waals surface area contributed by atoms with Gasteiger partial charge >= 0.3 is 6.03 Å². The molecule has 1 heterocycles. The van der Waals surface area contributed by atoms with Crippen LogP contribution < -0.4 is 10.6 Å². The van der Waals surface area contributed by atoms with Crippen LogP contribution in [0.3, 0.4) is 0 Å². The third kappa shape index (κ3) is 3.27. The first-order valence-electron chi connectivity index (χ1n) is 7.61. The van der Waals surface area contributed by atoms with Crippen LogP contribution in [0.1, 0.15) is 43.2 Å². The molecule has 0 radical (unpaired) electrons. The third-order valence-electron chi connectivity index (χ3n) is 4.02. The van der Waals surface area contributed by atoms with Gasteiger partial charge in [-0.1, -0.05) is 30.3 Å². The van der Waals surface area contributed by atoms with Gasteiger partial charge in [0.25, 0.3) is 0 Å². The molecule has 1 aromatic heterocycles. The van der Waals surface area contributed by atoms with Gasteiger partial charge in [-0.15, -0.1) is 10.2 Å². The fraction of sp³-hybridized carbons (Fsp3) is 0.438. The summed E-state index contributed by atoms with van der Waals surface area (Å²) in [5.74, 6) is 1.27. The zero-order chi connectivity index (χ0) is 15.5. The maximum absolute atomic E-state index is 12.3.